The molecule has 0 aliphatic rings. The largest absolute Gasteiger partial charge is 0.423 e. The van der Waals surface area contributed by atoms with Crippen molar-refractivity contribution in [1.29, 1.82) is 0 Å². The molecule has 28 heavy (non-hydrogen) atoms. The van der Waals surface area contributed by atoms with E-state index in [0.717, 1.165) is 21.9 Å². The maximum atomic E-state index is 12.8. The fourth-order valence-electron chi connectivity index (χ4n) is 2.64. The number of amides is 1. The van der Waals surface area contributed by atoms with Crippen LogP contribution in [0.5, 0.6) is 0 Å². The molecule has 4 aromatic rings. The van der Waals surface area contributed by atoms with E-state index in [1.54, 1.807) is 12.1 Å². The maximum Gasteiger partial charge on any atom is 0.256 e. The van der Waals surface area contributed by atoms with Crippen LogP contribution in [0.25, 0.3) is 11.5 Å². The lowest BCUT2D eigenvalue weighted by atomic mass is 10.1. The lowest BCUT2D eigenvalue weighted by Crippen LogP contribution is -2.13. The van der Waals surface area contributed by atoms with Crippen LogP contribution in [0, 0.1) is 6.92 Å². The first kappa shape index (κ1) is 18.0. The molecular formula is C20H16N4O3S. The normalized spacial score (nSPS) is 10.8. The molecule has 1 amide bonds. The van der Waals surface area contributed by atoms with Crippen molar-refractivity contribution in [2.24, 2.45) is 0 Å². The number of anilines is 1. The Morgan fingerprint density at radius 2 is 2.04 bits per heavy atom. The highest BCUT2D eigenvalue weighted by Gasteiger charge is 2.13. The van der Waals surface area contributed by atoms with Crippen molar-refractivity contribution >= 4 is 23.4 Å². The van der Waals surface area contributed by atoms with Crippen molar-refractivity contribution in [2.45, 2.75) is 17.6 Å². The third-order valence-corrected chi connectivity index (χ3v) is 5.00. The molecule has 0 aliphatic heterocycles. The van der Waals surface area contributed by atoms with Crippen molar-refractivity contribution in [3.63, 3.8) is 0 Å². The van der Waals surface area contributed by atoms with E-state index in [1.165, 1.54) is 18.2 Å². The van der Waals surface area contributed by atoms with Crippen LogP contribution in [-0.4, -0.2) is 21.3 Å². The number of carbonyl (C=O) groups excluding carboxylic acids is 1. The second kappa shape index (κ2) is 8.10. The molecule has 0 spiro atoms. The van der Waals surface area contributed by atoms with Crippen LogP contribution in [0.2, 0.25) is 0 Å². The smallest absolute Gasteiger partial charge is 0.256 e. The average molecular weight is 392 g/mol. The summed E-state index contributed by atoms with van der Waals surface area (Å²) in [6, 6.07) is 16.6. The van der Waals surface area contributed by atoms with Gasteiger partial charge in [0.2, 0.25) is 12.3 Å². The first-order valence-electron chi connectivity index (χ1n) is 8.51. The Bertz CT molecular complexity index is 1090. The van der Waals surface area contributed by atoms with Crippen molar-refractivity contribution in [1.82, 2.24) is 15.4 Å². The van der Waals surface area contributed by atoms with E-state index in [9.17, 15) is 4.79 Å². The Balaban J connectivity index is 1.50. The van der Waals surface area contributed by atoms with Gasteiger partial charge in [-0.05, 0) is 37.3 Å². The third-order valence-electron chi connectivity index (χ3n) is 3.91. The fraction of sp³-hybridized carbons (Fsp3) is 0.100. The van der Waals surface area contributed by atoms with Crippen LogP contribution in [0.3, 0.4) is 0 Å². The molecule has 0 bridgehead atoms. The standard InChI is InChI=1S/C20H16N4O3S/c1-13-9-16(27-24-13)11-28-18-8-3-2-7-17(18)19(25)22-15-6-4-5-14(10-15)20-23-21-12-26-20/h2-10,12H,11H2,1H3,(H,22,25). The molecule has 0 radical (unpaired) electrons. The quantitative estimate of drug-likeness (QED) is 0.480. The molecular weight excluding hydrogens is 376 g/mol. The molecule has 7 nitrogen and oxygen atoms in total. The summed E-state index contributed by atoms with van der Waals surface area (Å²) in [5, 5.41) is 14.4. The summed E-state index contributed by atoms with van der Waals surface area (Å²) >= 11 is 1.53. The van der Waals surface area contributed by atoms with Crippen LogP contribution in [-0.2, 0) is 5.75 Å². The van der Waals surface area contributed by atoms with E-state index in [1.807, 2.05) is 49.4 Å². The highest BCUT2D eigenvalue weighted by Crippen LogP contribution is 2.28. The Morgan fingerprint density at radius 3 is 2.82 bits per heavy atom. The third kappa shape index (κ3) is 4.12. The van der Waals surface area contributed by atoms with E-state index in [2.05, 4.69) is 20.7 Å². The predicted octanol–water partition coefficient (Wildman–Crippen LogP) is 4.58. The van der Waals surface area contributed by atoms with Gasteiger partial charge in [-0.1, -0.05) is 23.4 Å². The zero-order valence-electron chi connectivity index (χ0n) is 15.0. The number of thioether (sulfide) groups is 1. The SMILES string of the molecule is Cc1cc(CSc2ccccc2C(=O)Nc2cccc(-c3nnco3)c2)on1. The number of aromatic nitrogens is 3. The maximum absolute atomic E-state index is 12.8. The average Bonchev–Trinajstić information content (AvgIpc) is 3.39. The summed E-state index contributed by atoms with van der Waals surface area (Å²) in [5.74, 6) is 1.57. The second-order valence-corrected chi connectivity index (χ2v) is 7.02. The van der Waals surface area contributed by atoms with Gasteiger partial charge in [-0.2, -0.15) is 0 Å². The van der Waals surface area contributed by atoms with Gasteiger partial charge in [0, 0.05) is 22.2 Å². The van der Waals surface area contributed by atoms with Crippen molar-refractivity contribution in [3.05, 3.63) is 78.0 Å². The van der Waals surface area contributed by atoms with Crippen molar-refractivity contribution in [2.75, 3.05) is 5.32 Å². The summed E-state index contributed by atoms with van der Waals surface area (Å²) < 4.78 is 10.4. The van der Waals surface area contributed by atoms with Gasteiger partial charge in [0.1, 0.15) is 5.76 Å². The van der Waals surface area contributed by atoms with Crippen LogP contribution in [0.1, 0.15) is 21.8 Å². The van der Waals surface area contributed by atoms with Gasteiger partial charge in [0.15, 0.2) is 0 Å². The Kier molecular flexibility index (Phi) is 5.20. The lowest BCUT2D eigenvalue weighted by molar-refractivity contribution is 0.102. The number of rotatable bonds is 6. The summed E-state index contributed by atoms with van der Waals surface area (Å²) in [5.41, 5.74) is 2.81. The number of nitrogens with one attached hydrogen (secondary N) is 1. The van der Waals surface area contributed by atoms with Gasteiger partial charge >= 0.3 is 0 Å². The molecule has 0 unspecified atom stereocenters. The summed E-state index contributed by atoms with van der Waals surface area (Å²) in [4.78, 5) is 13.7. The van der Waals surface area contributed by atoms with Gasteiger partial charge < -0.3 is 14.3 Å². The summed E-state index contributed by atoms with van der Waals surface area (Å²) in [7, 11) is 0. The number of hydrogen-bond acceptors (Lipinski definition) is 7. The van der Waals surface area contributed by atoms with Gasteiger partial charge in [0.25, 0.3) is 5.91 Å². The van der Waals surface area contributed by atoms with E-state index in [0.29, 0.717) is 22.9 Å². The molecule has 2 aromatic heterocycles. The molecule has 2 aromatic carbocycles. The molecule has 0 fully saturated rings. The second-order valence-electron chi connectivity index (χ2n) is 6.00. The molecule has 4 rings (SSSR count). The highest BCUT2D eigenvalue weighted by atomic mass is 32.2. The molecule has 0 atom stereocenters. The Hall–Kier alpha value is -3.39. The molecule has 0 saturated heterocycles. The number of benzene rings is 2. The lowest BCUT2D eigenvalue weighted by Gasteiger charge is -2.10. The Labute approximate surface area is 165 Å². The number of carbonyl (C=O) groups is 1. The van der Waals surface area contributed by atoms with Gasteiger partial charge in [-0.25, -0.2) is 0 Å². The van der Waals surface area contributed by atoms with Gasteiger partial charge in [-0.3, -0.25) is 4.79 Å². The molecule has 0 aliphatic carbocycles. The number of hydrogen-bond donors (Lipinski definition) is 1. The zero-order valence-corrected chi connectivity index (χ0v) is 15.8. The molecule has 2 heterocycles. The van der Waals surface area contributed by atoms with Crippen LogP contribution in [0.4, 0.5) is 5.69 Å². The van der Waals surface area contributed by atoms with E-state index in [4.69, 9.17) is 8.94 Å². The first-order valence-corrected chi connectivity index (χ1v) is 9.49. The van der Waals surface area contributed by atoms with E-state index in [-0.39, 0.29) is 5.91 Å². The minimum absolute atomic E-state index is 0.195. The summed E-state index contributed by atoms with van der Waals surface area (Å²) in [6.45, 7) is 1.88. The topological polar surface area (TPSA) is 94.1 Å². The zero-order chi connectivity index (χ0) is 19.3. The van der Waals surface area contributed by atoms with Crippen molar-refractivity contribution in [3.8, 4) is 11.5 Å². The highest BCUT2D eigenvalue weighted by molar-refractivity contribution is 7.98. The number of nitrogens with zero attached hydrogens (tertiary/aromatic N) is 3. The molecule has 140 valence electrons. The molecule has 8 heteroatoms. The van der Waals surface area contributed by atoms with Crippen LogP contribution >= 0.6 is 11.8 Å². The van der Waals surface area contributed by atoms with Gasteiger partial charge in [-0.15, -0.1) is 22.0 Å². The molecule has 0 saturated carbocycles. The Morgan fingerprint density at radius 1 is 1.14 bits per heavy atom. The monoisotopic (exact) mass is 392 g/mol. The van der Waals surface area contributed by atoms with Crippen molar-refractivity contribution < 1.29 is 13.7 Å². The fourth-order valence-corrected chi connectivity index (χ4v) is 3.57. The number of aryl methyl sites for hydroxylation is 1. The minimum Gasteiger partial charge on any atom is -0.423 e. The van der Waals surface area contributed by atoms with Crippen LogP contribution < -0.4 is 5.32 Å². The first-order chi connectivity index (χ1) is 13.7. The van der Waals surface area contributed by atoms with Crippen LogP contribution in [0.15, 0.2) is 74.8 Å². The van der Waals surface area contributed by atoms with Gasteiger partial charge in [0.05, 0.1) is 17.0 Å². The van der Waals surface area contributed by atoms with E-state index < -0.39 is 0 Å². The minimum atomic E-state index is -0.195. The summed E-state index contributed by atoms with van der Waals surface area (Å²) in [6.07, 6.45) is 1.27. The molecule has 1 N–H and O–H groups in total. The predicted molar refractivity (Wildman–Crippen MR) is 105 cm³/mol. The van der Waals surface area contributed by atoms with E-state index >= 15 is 0 Å².